The van der Waals surface area contributed by atoms with E-state index >= 15 is 0 Å². The average molecular weight is 287 g/mol. The van der Waals surface area contributed by atoms with E-state index in [9.17, 15) is 9.59 Å². The van der Waals surface area contributed by atoms with Gasteiger partial charge in [-0.1, -0.05) is 0 Å². The monoisotopic (exact) mass is 287 g/mol. The van der Waals surface area contributed by atoms with Gasteiger partial charge in [0.05, 0.1) is 19.3 Å². The van der Waals surface area contributed by atoms with Crippen molar-refractivity contribution in [2.45, 2.75) is 38.8 Å². The number of ether oxygens (including phenoxy) is 2. The fraction of sp³-hybridized carbons (Fsp3) is 0.846. The Morgan fingerprint density at radius 1 is 1.35 bits per heavy atom. The molecule has 0 aromatic heterocycles. The van der Waals surface area contributed by atoms with Gasteiger partial charge in [0.15, 0.2) is 0 Å². The predicted octanol–water partition coefficient (Wildman–Crippen LogP) is 0.0873. The first-order valence-corrected chi connectivity index (χ1v) is 6.88. The number of nitrogens with one attached hydrogen (secondary N) is 1. The van der Waals surface area contributed by atoms with Crippen LogP contribution in [0.25, 0.3) is 0 Å². The molecule has 2 amide bonds. The highest BCUT2D eigenvalue weighted by Crippen LogP contribution is 2.06. The molecule has 116 valence electrons. The normalized spacial score (nSPS) is 17.5. The summed E-state index contributed by atoms with van der Waals surface area (Å²) in [4.78, 5) is 25.1. The quantitative estimate of drug-likeness (QED) is 0.764. The van der Waals surface area contributed by atoms with Gasteiger partial charge in [-0.05, 0) is 27.2 Å². The zero-order chi connectivity index (χ0) is 15.2. The molecule has 7 nitrogen and oxygen atoms in total. The van der Waals surface area contributed by atoms with Crippen LogP contribution in [0.4, 0.5) is 4.79 Å². The van der Waals surface area contributed by atoms with E-state index in [2.05, 4.69) is 5.32 Å². The van der Waals surface area contributed by atoms with Gasteiger partial charge in [-0.15, -0.1) is 0 Å². The number of nitrogens with zero attached hydrogens (tertiary/aromatic N) is 1. The van der Waals surface area contributed by atoms with E-state index in [1.165, 1.54) is 0 Å². The molecule has 0 aliphatic carbocycles. The Morgan fingerprint density at radius 3 is 2.50 bits per heavy atom. The third-order valence-electron chi connectivity index (χ3n) is 2.76. The van der Waals surface area contributed by atoms with Gasteiger partial charge in [-0.2, -0.15) is 0 Å². The molecule has 0 bridgehead atoms. The fourth-order valence-electron chi connectivity index (χ4n) is 1.79. The third kappa shape index (κ3) is 6.21. The first-order chi connectivity index (χ1) is 9.29. The van der Waals surface area contributed by atoms with Crippen molar-refractivity contribution in [1.29, 1.82) is 0 Å². The van der Waals surface area contributed by atoms with E-state index in [1.807, 2.05) is 0 Å². The van der Waals surface area contributed by atoms with Crippen LogP contribution in [0, 0.1) is 0 Å². The number of morpholine rings is 1. The van der Waals surface area contributed by atoms with Crippen molar-refractivity contribution in [2.75, 3.05) is 32.8 Å². The van der Waals surface area contributed by atoms with E-state index in [1.54, 1.807) is 25.7 Å². The standard InChI is InChI=1S/C13H25N3O4/c1-13(2,3)20-12(18)15-5-4-10(14)11(17)16-6-8-19-9-7-16/h10H,4-9,14H2,1-3H3,(H,15,18). The third-order valence-corrected chi connectivity index (χ3v) is 2.76. The Hall–Kier alpha value is -1.34. The highest BCUT2D eigenvalue weighted by molar-refractivity contribution is 5.81. The molecular formula is C13H25N3O4. The van der Waals surface area contributed by atoms with Gasteiger partial charge < -0.3 is 25.4 Å². The Balaban J connectivity index is 2.23. The molecule has 0 spiro atoms. The van der Waals surface area contributed by atoms with Crippen molar-refractivity contribution in [2.24, 2.45) is 5.73 Å². The zero-order valence-electron chi connectivity index (χ0n) is 12.5. The van der Waals surface area contributed by atoms with Crippen molar-refractivity contribution in [3.05, 3.63) is 0 Å². The van der Waals surface area contributed by atoms with Gasteiger partial charge in [-0.25, -0.2) is 4.79 Å². The van der Waals surface area contributed by atoms with E-state index in [-0.39, 0.29) is 5.91 Å². The summed E-state index contributed by atoms with van der Waals surface area (Å²) in [6.07, 6.45) is -0.112. The van der Waals surface area contributed by atoms with Crippen LogP contribution in [0.15, 0.2) is 0 Å². The molecule has 7 heteroatoms. The van der Waals surface area contributed by atoms with Crippen molar-refractivity contribution >= 4 is 12.0 Å². The summed E-state index contributed by atoms with van der Waals surface area (Å²) in [7, 11) is 0. The SMILES string of the molecule is CC(C)(C)OC(=O)NCCC(N)C(=O)N1CCOCC1. The van der Waals surface area contributed by atoms with Crippen LogP contribution in [-0.2, 0) is 14.3 Å². The van der Waals surface area contributed by atoms with E-state index < -0.39 is 17.7 Å². The number of nitrogens with two attached hydrogens (primary N) is 1. The topological polar surface area (TPSA) is 93.9 Å². The van der Waals surface area contributed by atoms with Crippen LogP contribution in [0.2, 0.25) is 0 Å². The summed E-state index contributed by atoms with van der Waals surface area (Å²) in [5, 5.41) is 2.59. The Kier molecular flexibility index (Phi) is 6.22. The second-order valence-electron chi connectivity index (χ2n) is 5.76. The molecule has 1 saturated heterocycles. The van der Waals surface area contributed by atoms with Crippen LogP contribution in [-0.4, -0.2) is 61.4 Å². The van der Waals surface area contributed by atoms with E-state index in [0.29, 0.717) is 39.3 Å². The maximum atomic E-state index is 12.0. The van der Waals surface area contributed by atoms with Gasteiger partial charge >= 0.3 is 6.09 Å². The summed E-state index contributed by atoms with van der Waals surface area (Å²) in [5.74, 6) is -0.0979. The fourth-order valence-corrected chi connectivity index (χ4v) is 1.79. The minimum Gasteiger partial charge on any atom is -0.444 e. The Bertz CT molecular complexity index is 335. The highest BCUT2D eigenvalue weighted by Gasteiger charge is 2.23. The highest BCUT2D eigenvalue weighted by atomic mass is 16.6. The molecular weight excluding hydrogens is 262 g/mol. The molecule has 1 unspecified atom stereocenters. The van der Waals surface area contributed by atoms with Gasteiger partial charge in [-0.3, -0.25) is 4.79 Å². The molecule has 1 rings (SSSR count). The lowest BCUT2D eigenvalue weighted by Gasteiger charge is -2.29. The summed E-state index contributed by atoms with van der Waals surface area (Å²) >= 11 is 0. The predicted molar refractivity (Wildman–Crippen MR) is 74.2 cm³/mol. The molecule has 1 aliphatic heterocycles. The molecule has 0 aromatic rings. The van der Waals surface area contributed by atoms with E-state index in [0.717, 1.165) is 0 Å². The summed E-state index contributed by atoms with van der Waals surface area (Å²) in [5.41, 5.74) is 5.31. The van der Waals surface area contributed by atoms with Gasteiger partial charge in [0.25, 0.3) is 0 Å². The van der Waals surface area contributed by atoms with Gasteiger partial charge in [0.2, 0.25) is 5.91 Å². The summed E-state index contributed by atoms with van der Waals surface area (Å²) < 4.78 is 10.3. The number of hydrogen-bond donors (Lipinski definition) is 2. The van der Waals surface area contributed by atoms with Crippen LogP contribution in [0.3, 0.4) is 0 Å². The lowest BCUT2D eigenvalue weighted by molar-refractivity contribution is -0.136. The van der Waals surface area contributed by atoms with Gasteiger partial charge in [0.1, 0.15) is 5.60 Å². The molecule has 0 radical (unpaired) electrons. The number of carbonyl (C=O) groups excluding carboxylic acids is 2. The minimum atomic E-state index is -0.608. The largest absolute Gasteiger partial charge is 0.444 e. The molecule has 1 fully saturated rings. The molecule has 0 aromatic carbocycles. The van der Waals surface area contributed by atoms with Crippen molar-refractivity contribution in [3.63, 3.8) is 0 Å². The average Bonchev–Trinajstić information content (AvgIpc) is 2.36. The van der Waals surface area contributed by atoms with E-state index in [4.69, 9.17) is 15.2 Å². The summed E-state index contributed by atoms with van der Waals surface area (Å²) in [6, 6.07) is -0.608. The summed E-state index contributed by atoms with van der Waals surface area (Å²) in [6.45, 7) is 7.94. The number of alkyl carbamates (subject to hydrolysis) is 1. The number of amides is 2. The van der Waals surface area contributed by atoms with Crippen molar-refractivity contribution in [1.82, 2.24) is 10.2 Å². The smallest absolute Gasteiger partial charge is 0.407 e. The van der Waals surface area contributed by atoms with Crippen LogP contribution in [0.1, 0.15) is 27.2 Å². The minimum absolute atomic E-state index is 0.0979. The van der Waals surface area contributed by atoms with Crippen LogP contribution >= 0.6 is 0 Å². The molecule has 20 heavy (non-hydrogen) atoms. The first kappa shape index (κ1) is 16.7. The van der Waals surface area contributed by atoms with Crippen LogP contribution < -0.4 is 11.1 Å². The molecule has 0 saturated carbocycles. The number of hydrogen-bond acceptors (Lipinski definition) is 5. The molecule has 1 atom stereocenters. The first-order valence-electron chi connectivity index (χ1n) is 6.88. The zero-order valence-corrected chi connectivity index (χ0v) is 12.5. The Labute approximate surface area is 119 Å². The molecule has 1 heterocycles. The molecule has 3 N–H and O–H groups in total. The Morgan fingerprint density at radius 2 is 1.95 bits per heavy atom. The van der Waals surface area contributed by atoms with Crippen molar-refractivity contribution in [3.8, 4) is 0 Å². The second-order valence-corrected chi connectivity index (χ2v) is 5.76. The van der Waals surface area contributed by atoms with Gasteiger partial charge in [0, 0.05) is 19.6 Å². The molecule has 1 aliphatic rings. The van der Waals surface area contributed by atoms with Crippen molar-refractivity contribution < 1.29 is 19.1 Å². The van der Waals surface area contributed by atoms with Crippen LogP contribution in [0.5, 0.6) is 0 Å². The number of rotatable bonds is 4. The lowest BCUT2D eigenvalue weighted by Crippen LogP contribution is -2.49. The lowest BCUT2D eigenvalue weighted by atomic mass is 10.2. The maximum Gasteiger partial charge on any atom is 0.407 e. The second kappa shape index (κ2) is 7.44. The maximum absolute atomic E-state index is 12.0. The number of carbonyl (C=O) groups is 2.